The molecular formula is C24H35N3O4S. The lowest BCUT2D eigenvalue weighted by molar-refractivity contribution is -0.119. The molecule has 7 nitrogen and oxygen atoms in total. The van der Waals surface area contributed by atoms with Crippen LogP contribution in [0.15, 0.2) is 23.1 Å². The number of ether oxygens (including phenoxy) is 1. The average molecular weight is 462 g/mol. The number of sulfonamides is 1. The molecule has 1 aromatic carbocycles. The number of benzene rings is 1. The molecule has 8 heteroatoms. The number of morpholine rings is 1. The summed E-state index contributed by atoms with van der Waals surface area (Å²) in [6, 6.07) is 4.81. The number of carbonyl (C=O) groups is 1. The van der Waals surface area contributed by atoms with E-state index in [-0.39, 0.29) is 22.4 Å². The summed E-state index contributed by atoms with van der Waals surface area (Å²) in [5.41, 5.74) is 1.30. The Labute approximate surface area is 191 Å². The lowest BCUT2D eigenvalue weighted by Gasteiger charge is -2.57. The van der Waals surface area contributed by atoms with E-state index in [1.807, 2.05) is 6.92 Å². The zero-order valence-corrected chi connectivity index (χ0v) is 19.9. The largest absolute Gasteiger partial charge is 0.379 e. The second-order valence-electron chi connectivity index (χ2n) is 10.5. The van der Waals surface area contributed by atoms with Gasteiger partial charge < -0.3 is 15.4 Å². The number of anilines is 1. The van der Waals surface area contributed by atoms with Gasteiger partial charge in [0.2, 0.25) is 15.9 Å². The molecule has 4 aliphatic carbocycles. The van der Waals surface area contributed by atoms with Crippen molar-refractivity contribution in [1.29, 1.82) is 0 Å². The van der Waals surface area contributed by atoms with Gasteiger partial charge in [-0.15, -0.1) is 0 Å². The van der Waals surface area contributed by atoms with E-state index in [0.29, 0.717) is 37.6 Å². The molecule has 1 aliphatic heterocycles. The second kappa shape index (κ2) is 8.38. The summed E-state index contributed by atoms with van der Waals surface area (Å²) >= 11 is 0. The van der Waals surface area contributed by atoms with Crippen molar-refractivity contribution in [1.82, 2.24) is 9.62 Å². The van der Waals surface area contributed by atoms with Crippen LogP contribution in [0.3, 0.4) is 0 Å². The Morgan fingerprint density at radius 2 is 1.69 bits per heavy atom. The molecule has 176 valence electrons. The highest BCUT2D eigenvalue weighted by Gasteiger charge is 2.51. The average Bonchev–Trinajstić information content (AvgIpc) is 2.74. The number of hydrogen-bond donors (Lipinski definition) is 2. The summed E-state index contributed by atoms with van der Waals surface area (Å²) in [6.07, 6.45) is 7.65. The van der Waals surface area contributed by atoms with Crippen molar-refractivity contribution in [2.75, 3.05) is 31.6 Å². The van der Waals surface area contributed by atoms with Gasteiger partial charge in [0.15, 0.2) is 0 Å². The van der Waals surface area contributed by atoms with Gasteiger partial charge in [0.05, 0.1) is 24.2 Å². The number of rotatable bonds is 6. The van der Waals surface area contributed by atoms with E-state index < -0.39 is 10.0 Å². The van der Waals surface area contributed by atoms with Gasteiger partial charge >= 0.3 is 0 Å². The molecule has 0 radical (unpaired) electrons. The van der Waals surface area contributed by atoms with Crippen molar-refractivity contribution in [3.8, 4) is 0 Å². The predicted molar refractivity (Wildman–Crippen MR) is 123 cm³/mol. The summed E-state index contributed by atoms with van der Waals surface area (Å²) in [5, 5.41) is 6.66. The normalized spacial score (nSPS) is 33.2. The zero-order chi connectivity index (χ0) is 22.5. The molecule has 1 saturated heterocycles. The minimum Gasteiger partial charge on any atom is -0.379 e. The Morgan fingerprint density at radius 1 is 1.09 bits per heavy atom. The molecule has 5 aliphatic rings. The summed E-state index contributed by atoms with van der Waals surface area (Å²) < 4.78 is 33.0. The monoisotopic (exact) mass is 461 g/mol. The second-order valence-corrected chi connectivity index (χ2v) is 12.5. The Morgan fingerprint density at radius 3 is 2.28 bits per heavy atom. The van der Waals surface area contributed by atoms with Crippen molar-refractivity contribution in [2.45, 2.75) is 68.8 Å². The van der Waals surface area contributed by atoms with Crippen LogP contribution in [0.25, 0.3) is 0 Å². The fraction of sp³-hybridized carbons (Fsp3) is 0.708. The molecule has 2 N–H and O–H groups in total. The maximum Gasteiger partial charge on any atom is 0.243 e. The third kappa shape index (κ3) is 4.22. The summed E-state index contributed by atoms with van der Waals surface area (Å²) in [5.74, 6) is 2.33. The SMILES string of the molecule is Cc1ccc(NC(=O)[C@@H](C)NC23CC4CC(CC(C4)C2)C3)cc1S(=O)(=O)N1CCOCC1. The summed E-state index contributed by atoms with van der Waals surface area (Å²) in [4.78, 5) is 13.3. The molecule has 5 fully saturated rings. The number of nitrogens with zero attached hydrogens (tertiary/aromatic N) is 1. The quantitative estimate of drug-likeness (QED) is 0.680. The van der Waals surface area contributed by atoms with Crippen LogP contribution in [0, 0.1) is 24.7 Å². The van der Waals surface area contributed by atoms with Crippen LogP contribution in [0.5, 0.6) is 0 Å². The molecule has 1 atom stereocenters. The first-order chi connectivity index (χ1) is 15.2. The fourth-order valence-electron chi connectivity index (χ4n) is 6.94. The van der Waals surface area contributed by atoms with E-state index in [2.05, 4.69) is 10.6 Å². The summed E-state index contributed by atoms with van der Waals surface area (Å²) in [6.45, 7) is 5.23. The van der Waals surface area contributed by atoms with Crippen LogP contribution < -0.4 is 10.6 Å². The molecule has 1 aromatic rings. The maximum absolute atomic E-state index is 13.1. The summed E-state index contributed by atoms with van der Waals surface area (Å²) in [7, 11) is -3.62. The Kier molecular flexibility index (Phi) is 5.85. The van der Waals surface area contributed by atoms with E-state index in [4.69, 9.17) is 4.74 Å². The fourth-order valence-corrected chi connectivity index (χ4v) is 8.60. The van der Waals surface area contributed by atoms with Gasteiger partial charge in [0.25, 0.3) is 0 Å². The van der Waals surface area contributed by atoms with Crippen molar-refractivity contribution in [3.63, 3.8) is 0 Å². The molecule has 4 saturated carbocycles. The first-order valence-corrected chi connectivity index (χ1v) is 13.5. The highest BCUT2D eigenvalue weighted by Crippen LogP contribution is 2.55. The highest BCUT2D eigenvalue weighted by atomic mass is 32.2. The van der Waals surface area contributed by atoms with Crippen molar-refractivity contribution < 1.29 is 17.9 Å². The number of amides is 1. The maximum atomic E-state index is 13.1. The van der Waals surface area contributed by atoms with Gasteiger partial charge in [-0.25, -0.2) is 8.42 Å². The van der Waals surface area contributed by atoms with E-state index in [0.717, 1.165) is 17.8 Å². The van der Waals surface area contributed by atoms with Gasteiger partial charge in [-0.3, -0.25) is 4.79 Å². The first-order valence-electron chi connectivity index (χ1n) is 12.0. The number of hydrogen-bond acceptors (Lipinski definition) is 5. The highest BCUT2D eigenvalue weighted by molar-refractivity contribution is 7.89. The minimum atomic E-state index is -3.62. The Balaban J connectivity index is 1.28. The standard InChI is InChI=1S/C24H35N3O4S/c1-16-3-4-21(12-22(16)32(29,30)27-5-7-31-8-6-27)25-23(28)17(2)26-24-13-18-9-19(14-24)11-20(10-18)15-24/h3-4,12,17-20,26H,5-11,13-15H2,1-2H3,(H,25,28)/t17-,18?,19?,20?,24?/m1/s1. The van der Waals surface area contributed by atoms with Gasteiger partial charge in [-0.2, -0.15) is 4.31 Å². The van der Waals surface area contributed by atoms with Gasteiger partial charge in [-0.05, 0) is 87.8 Å². The van der Waals surface area contributed by atoms with E-state index in [9.17, 15) is 13.2 Å². The van der Waals surface area contributed by atoms with Crippen molar-refractivity contribution in [3.05, 3.63) is 23.8 Å². The molecule has 0 spiro atoms. The lowest BCUT2D eigenvalue weighted by Crippen LogP contribution is -2.62. The van der Waals surface area contributed by atoms with Crippen LogP contribution in [-0.2, 0) is 19.6 Å². The first kappa shape index (κ1) is 22.3. The number of nitrogens with one attached hydrogen (secondary N) is 2. The number of carbonyl (C=O) groups excluding carboxylic acids is 1. The molecule has 0 aromatic heterocycles. The van der Waals surface area contributed by atoms with Gasteiger partial charge in [0, 0.05) is 24.3 Å². The molecule has 0 unspecified atom stereocenters. The third-order valence-electron chi connectivity index (χ3n) is 8.00. The zero-order valence-electron chi connectivity index (χ0n) is 19.1. The van der Waals surface area contributed by atoms with Crippen LogP contribution >= 0.6 is 0 Å². The molecule has 1 heterocycles. The van der Waals surface area contributed by atoms with Gasteiger partial charge in [0.1, 0.15) is 0 Å². The predicted octanol–water partition coefficient (Wildman–Crippen LogP) is 2.90. The lowest BCUT2D eigenvalue weighted by atomic mass is 9.53. The van der Waals surface area contributed by atoms with Crippen LogP contribution in [0.1, 0.15) is 51.0 Å². The Hall–Kier alpha value is -1.48. The molecule has 1 amide bonds. The smallest absolute Gasteiger partial charge is 0.243 e. The molecule has 32 heavy (non-hydrogen) atoms. The van der Waals surface area contributed by atoms with Crippen LogP contribution in [-0.4, -0.2) is 56.5 Å². The van der Waals surface area contributed by atoms with E-state index in [1.165, 1.54) is 42.8 Å². The number of aryl methyl sites for hydroxylation is 1. The third-order valence-corrected chi connectivity index (χ3v) is 10.0. The minimum absolute atomic E-state index is 0.101. The van der Waals surface area contributed by atoms with E-state index >= 15 is 0 Å². The van der Waals surface area contributed by atoms with Gasteiger partial charge in [-0.1, -0.05) is 6.07 Å². The van der Waals surface area contributed by atoms with E-state index in [1.54, 1.807) is 25.1 Å². The van der Waals surface area contributed by atoms with Crippen LogP contribution in [0.2, 0.25) is 0 Å². The van der Waals surface area contributed by atoms with Crippen molar-refractivity contribution >= 4 is 21.6 Å². The van der Waals surface area contributed by atoms with Crippen molar-refractivity contribution in [2.24, 2.45) is 17.8 Å². The Bertz CT molecular complexity index is 952. The topological polar surface area (TPSA) is 87.7 Å². The molecule has 6 rings (SSSR count). The van der Waals surface area contributed by atoms with Crippen LogP contribution in [0.4, 0.5) is 5.69 Å². The molecule has 4 bridgehead atoms. The molecular weight excluding hydrogens is 426 g/mol.